The van der Waals surface area contributed by atoms with Crippen LogP contribution in [0.4, 0.5) is 15.8 Å². The van der Waals surface area contributed by atoms with Gasteiger partial charge in [0.25, 0.3) is 5.91 Å². The summed E-state index contributed by atoms with van der Waals surface area (Å²) < 4.78 is 18.4. The topological polar surface area (TPSA) is 63.2 Å². The highest BCUT2D eigenvalue weighted by Gasteiger charge is 2.09. The molecule has 0 radical (unpaired) electrons. The van der Waals surface area contributed by atoms with Crippen molar-refractivity contribution in [3.8, 4) is 5.75 Å². The van der Waals surface area contributed by atoms with Gasteiger partial charge in [-0.15, -0.1) is 0 Å². The fourth-order valence-electron chi connectivity index (χ4n) is 2.39. The second-order valence-electron chi connectivity index (χ2n) is 5.71. The van der Waals surface area contributed by atoms with Crippen LogP contribution in [0.2, 0.25) is 5.02 Å². The minimum absolute atomic E-state index is 0.0199. The lowest BCUT2D eigenvalue weighted by molar-refractivity contribution is 0.0946. The van der Waals surface area contributed by atoms with Gasteiger partial charge in [-0.3, -0.25) is 9.78 Å². The van der Waals surface area contributed by atoms with Crippen molar-refractivity contribution in [3.63, 3.8) is 0 Å². The zero-order valence-electron chi connectivity index (χ0n) is 14.5. The molecule has 0 aliphatic heterocycles. The van der Waals surface area contributed by atoms with Gasteiger partial charge in [0.2, 0.25) is 0 Å². The molecule has 1 heterocycles. The van der Waals surface area contributed by atoms with E-state index in [0.717, 1.165) is 11.3 Å². The van der Waals surface area contributed by atoms with Crippen LogP contribution in [0.3, 0.4) is 0 Å². The summed E-state index contributed by atoms with van der Waals surface area (Å²) >= 11 is 5.78. The predicted molar refractivity (Wildman–Crippen MR) is 103 cm³/mol. The lowest BCUT2D eigenvalue weighted by Gasteiger charge is -2.09. The Morgan fingerprint density at radius 2 is 1.85 bits per heavy atom. The smallest absolute Gasteiger partial charge is 0.270 e. The third kappa shape index (κ3) is 4.95. The van der Waals surface area contributed by atoms with Crippen LogP contribution in [-0.2, 0) is 6.54 Å². The average molecular weight is 386 g/mol. The molecular formula is C20H17ClFN3O2. The van der Waals surface area contributed by atoms with Crippen LogP contribution < -0.4 is 15.4 Å². The van der Waals surface area contributed by atoms with E-state index < -0.39 is 5.82 Å². The van der Waals surface area contributed by atoms with Gasteiger partial charge in [0.15, 0.2) is 0 Å². The first kappa shape index (κ1) is 18.7. The van der Waals surface area contributed by atoms with Crippen molar-refractivity contribution in [2.45, 2.75) is 6.54 Å². The Morgan fingerprint density at radius 1 is 1.11 bits per heavy atom. The van der Waals surface area contributed by atoms with Gasteiger partial charge in [0.1, 0.15) is 17.3 Å². The molecule has 2 N–H and O–H groups in total. The highest BCUT2D eigenvalue weighted by atomic mass is 35.5. The molecule has 0 unspecified atom stereocenters. The van der Waals surface area contributed by atoms with Crippen molar-refractivity contribution >= 4 is 28.9 Å². The number of pyridine rings is 1. The van der Waals surface area contributed by atoms with E-state index in [1.54, 1.807) is 25.3 Å². The number of amides is 1. The van der Waals surface area contributed by atoms with Gasteiger partial charge in [-0.05, 0) is 48.0 Å². The fraction of sp³-hybridized carbons (Fsp3) is 0.100. The van der Waals surface area contributed by atoms with E-state index in [0.29, 0.717) is 17.9 Å². The van der Waals surface area contributed by atoms with Gasteiger partial charge in [0.05, 0.1) is 12.1 Å². The number of methoxy groups -OCH3 is 1. The van der Waals surface area contributed by atoms with Crippen molar-refractivity contribution in [2.75, 3.05) is 12.4 Å². The van der Waals surface area contributed by atoms with Crippen molar-refractivity contribution < 1.29 is 13.9 Å². The zero-order valence-corrected chi connectivity index (χ0v) is 15.3. The average Bonchev–Trinajstić information content (AvgIpc) is 2.69. The SMILES string of the molecule is COc1ccc(CNC(=O)c2cc(Nc3ccc(F)c(Cl)c3)ccn2)cc1. The summed E-state index contributed by atoms with van der Waals surface area (Å²) in [4.78, 5) is 16.4. The standard InChI is InChI=1S/C20H17ClFN3O2/c1-27-16-5-2-13(3-6-16)12-24-20(26)19-11-15(8-9-23-19)25-14-4-7-18(22)17(21)10-14/h2-11H,12H2,1H3,(H,23,25)(H,24,26). The molecule has 1 aromatic heterocycles. The maximum absolute atomic E-state index is 13.2. The number of hydrogen-bond donors (Lipinski definition) is 2. The summed E-state index contributed by atoms with van der Waals surface area (Å²) in [6.45, 7) is 0.371. The third-order valence-electron chi connectivity index (χ3n) is 3.81. The van der Waals surface area contributed by atoms with Gasteiger partial charge in [-0.25, -0.2) is 4.39 Å². The number of hydrogen-bond acceptors (Lipinski definition) is 4. The molecular weight excluding hydrogens is 369 g/mol. The van der Waals surface area contributed by atoms with Gasteiger partial charge in [-0.2, -0.15) is 0 Å². The number of ether oxygens (including phenoxy) is 1. The van der Waals surface area contributed by atoms with E-state index in [2.05, 4.69) is 15.6 Å². The normalized spacial score (nSPS) is 10.3. The summed E-state index contributed by atoms with van der Waals surface area (Å²) in [6.07, 6.45) is 1.52. The number of aromatic nitrogens is 1. The van der Waals surface area contributed by atoms with Crippen molar-refractivity contribution in [3.05, 3.63) is 82.9 Å². The third-order valence-corrected chi connectivity index (χ3v) is 4.10. The number of nitrogens with zero attached hydrogens (tertiary/aromatic N) is 1. The first-order chi connectivity index (χ1) is 13.0. The van der Waals surface area contributed by atoms with Crippen LogP contribution in [0.5, 0.6) is 5.75 Å². The molecule has 7 heteroatoms. The number of nitrogens with one attached hydrogen (secondary N) is 2. The summed E-state index contributed by atoms with van der Waals surface area (Å²) in [5, 5.41) is 5.91. The molecule has 0 spiro atoms. The lowest BCUT2D eigenvalue weighted by Crippen LogP contribution is -2.23. The molecule has 0 bridgehead atoms. The van der Waals surface area contributed by atoms with Crippen molar-refractivity contribution in [1.82, 2.24) is 10.3 Å². The second kappa shape index (κ2) is 8.51. The molecule has 0 saturated carbocycles. The molecule has 0 aliphatic carbocycles. The van der Waals surface area contributed by atoms with Gasteiger partial charge in [0, 0.05) is 24.1 Å². The summed E-state index contributed by atoms with van der Waals surface area (Å²) in [5.41, 5.74) is 2.46. The number of rotatable bonds is 6. The number of anilines is 2. The maximum Gasteiger partial charge on any atom is 0.270 e. The molecule has 0 fully saturated rings. The Bertz CT molecular complexity index is 948. The van der Waals surface area contributed by atoms with Gasteiger partial charge < -0.3 is 15.4 Å². The molecule has 27 heavy (non-hydrogen) atoms. The van der Waals surface area contributed by atoms with Crippen LogP contribution in [-0.4, -0.2) is 18.0 Å². The number of halogens is 2. The maximum atomic E-state index is 13.2. The summed E-state index contributed by atoms with van der Waals surface area (Å²) in [6, 6.07) is 15.0. The van der Waals surface area contributed by atoms with E-state index in [9.17, 15) is 9.18 Å². The molecule has 3 rings (SSSR count). The molecule has 0 atom stereocenters. The van der Waals surface area contributed by atoms with Gasteiger partial charge in [-0.1, -0.05) is 23.7 Å². The molecule has 3 aromatic rings. The highest BCUT2D eigenvalue weighted by molar-refractivity contribution is 6.31. The number of carbonyl (C=O) groups is 1. The van der Waals surface area contributed by atoms with Crippen LogP contribution in [0.1, 0.15) is 16.1 Å². The van der Waals surface area contributed by atoms with E-state index in [4.69, 9.17) is 16.3 Å². The molecule has 5 nitrogen and oxygen atoms in total. The van der Waals surface area contributed by atoms with Crippen LogP contribution in [0.25, 0.3) is 0 Å². The largest absolute Gasteiger partial charge is 0.497 e. The lowest BCUT2D eigenvalue weighted by atomic mass is 10.2. The Labute approximate surface area is 161 Å². The monoisotopic (exact) mass is 385 g/mol. The molecule has 0 saturated heterocycles. The van der Waals surface area contributed by atoms with E-state index in [1.165, 1.54) is 18.3 Å². The highest BCUT2D eigenvalue weighted by Crippen LogP contribution is 2.23. The zero-order chi connectivity index (χ0) is 19.2. The van der Waals surface area contributed by atoms with Crippen molar-refractivity contribution in [2.24, 2.45) is 0 Å². The van der Waals surface area contributed by atoms with E-state index in [1.807, 2.05) is 24.3 Å². The minimum Gasteiger partial charge on any atom is -0.497 e. The molecule has 0 aliphatic rings. The fourth-order valence-corrected chi connectivity index (χ4v) is 2.57. The van der Waals surface area contributed by atoms with Crippen LogP contribution in [0, 0.1) is 5.82 Å². The Morgan fingerprint density at radius 3 is 2.56 bits per heavy atom. The van der Waals surface area contributed by atoms with E-state index in [-0.39, 0.29) is 16.6 Å². The number of carbonyl (C=O) groups excluding carboxylic acids is 1. The molecule has 138 valence electrons. The van der Waals surface area contributed by atoms with Crippen LogP contribution in [0.15, 0.2) is 60.8 Å². The predicted octanol–water partition coefficient (Wildman–Crippen LogP) is 4.56. The second-order valence-corrected chi connectivity index (χ2v) is 6.12. The van der Waals surface area contributed by atoms with Crippen molar-refractivity contribution in [1.29, 1.82) is 0 Å². The Hall–Kier alpha value is -3.12. The number of benzene rings is 2. The summed E-state index contributed by atoms with van der Waals surface area (Å²) in [5.74, 6) is -0.0337. The molecule has 2 aromatic carbocycles. The minimum atomic E-state index is -0.490. The Kier molecular flexibility index (Phi) is 5.88. The molecule has 1 amide bonds. The first-order valence-electron chi connectivity index (χ1n) is 8.14. The van der Waals surface area contributed by atoms with Gasteiger partial charge >= 0.3 is 0 Å². The quantitative estimate of drug-likeness (QED) is 0.653. The summed E-state index contributed by atoms with van der Waals surface area (Å²) in [7, 11) is 1.60. The Balaban J connectivity index is 1.64. The first-order valence-corrected chi connectivity index (χ1v) is 8.52. The van der Waals surface area contributed by atoms with E-state index >= 15 is 0 Å². The van der Waals surface area contributed by atoms with Crippen LogP contribution >= 0.6 is 11.6 Å².